The van der Waals surface area contributed by atoms with Gasteiger partial charge in [-0.25, -0.2) is 0 Å². The van der Waals surface area contributed by atoms with E-state index < -0.39 is 5.60 Å². The van der Waals surface area contributed by atoms with Gasteiger partial charge in [-0.2, -0.15) is 0 Å². The minimum Gasteiger partial charge on any atom is -0.397 e. The van der Waals surface area contributed by atoms with E-state index in [0.717, 1.165) is 0 Å². The molecule has 1 heterocycles. The van der Waals surface area contributed by atoms with Crippen LogP contribution in [0.1, 0.15) is 23.0 Å². The van der Waals surface area contributed by atoms with Crippen molar-refractivity contribution in [2.75, 3.05) is 26.0 Å². The van der Waals surface area contributed by atoms with Crippen LogP contribution < -0.4 is 11.1 Å². The summed E-state index contributed by atoms with van der Waals surface area (Å²) < 4.78 is 4.89. The molecule has 1 unspecified atom stereocenters. The summed E-state index contributed by atoms with van der Waals surface area (Å²) >= 11 is 1.28. The largest absolute Gasteiger partial charge is 0.397 e. The van der Waals surface area contributed by atoms with Gasteiger partial charge < -0.3 is 20.9 Å². The Hall–Kier alpha value is -1.11. The zero-order valence-electron chi connectivity index (χ0n) is 10.0. The second kappa shape index (κ2) is 6.00. The van der Waals surface area contributed by atoms with E-state index in [2.05, 4.69) is 5.32 Å². The molecular formula is C11H18N2O3S. The van der Waals surface area contributed by atoms with Gasteiger partial charge in [0.25, 0.3) is 5.91 Å². The average Bonchev–Trinajstić information content (AvgIpc) is 2.70. The third kappa shape index (κ3) is 4.33. The van der Waals surface area contributed by atoms with E-state index in [1.54, 1.807) is 25.5 Å². The highest BCUT2D eigenvalue weighted by atomic mass is 32.1. The topological polar surface area (TPSA) is 84.6 Å². The molecule has 0 radical (unpaired) electrons. The van der Waals surface area contributed by atoms with Crippen LogP contribution >= 0.6 is 11.3 Å². The lowest BCUT2D eigenvalue weighted by Gasteiger charge is -2.23. The third-order valence-corrected chi connectivity index (χ3v) is 3.31. The summed E-state index contributed by atoms with van der Waals surface area (Å²) in [7, 11) is 1.57. The van der Waals surface area contributed by atoms with Crippen molar-refractivity contribution < 1.29 is 14.6 Å². The van der Waals surface area contributed by atoms with Crippen molar-refractivity contribution in [3.63, 3.8) is 0 Å². The summed E-state index contributed by atoms with van der Waals surface area (Å²) in [6.07, 6.45) is 0.462. The maximum absolute atomic E-state index is 11.7. The first-order chi connectivity index (χ1) is 7.96. The van der Waals surface area contributed by atoms with E-state index in [-0.39, 0.29) is 12.5 Å². The molecule has 1 rings (SSSR count). The first-order valence-corrected chi connectivity index (χ1v) is 6.17. The van der Waals surface area contributed by atoms with Gasteiger partial charge in [0, 0.05) is 26.7 Å². The minimum atomic E-state index is -0.975. The van der Waals surface area contributed by atoms with Crippen LogP contribution in [0.15, 0.2) is 11.4 Å². The van der Waals surface area contributed by atoms with E-state index in [1.165, 1.54) is 11.3 Å². The number of methoxy groups -OCH3 is 1. The lowest BCUT2D eigenvalue weighted by atomic mass is 10.0. The Labute approximate surface area is 105 Å². The van der Waals surface area contributed by atoms with Crippen molar-refractivity contribution in [1.29, 1.82) is 0 Å². The minimum absolute atomic E-state index is 0.173. The number of aliphatic hydroxyl groups is 1. The number of carbonyl (C=O) groups is 1. The summed E-state index contributed by atoms with van der Waals surface area (Å²) in [6, 6.07) is 1.68. The lowest BCUT2D eigenvalue weighted by Crippen LogP contribution is -2.41. The molecule has 0 fully saturated rings. The molecule has 0 spiro atoms. The van der Waals surface area contributed by atoms with Gasteiger partial charge in [-0.15, -0.1) is 11.3 Å². The first kappa shape index (κ1) is 14.0. The van der Waals surface area contributed by atoms with Crippen LogP contribution in [0.25, 0.3) is 0 Å². The van der Waals surface area contributed by atoms with Crippen LogP contribution in [0.2, 0.25) is 0 Å². The Bertz CT molecular complexity index is 377. The molecule has 1 aromatic rings. The van der Waals surface area contributed by atoms with Gasteiger partial charge in [-0.05, 0) is 18.4 Å². The summed E-state index contributed by atoms with van der Waals surface area (Å²) in [6.45, 7) is 2.28. The van der Waals surface area contributed by atoms with Crippen molar-refractivity contribution in [2.45, 2.75) is 18.9 Å². The molecule has 0 aliphatic heterocycles. The monoisotopic (exact) mass is 258 g/mol. The van der Waals surface area contributed by atoms with E-state index >= 15 is 0 Å². The number of ether oxygens (including phenoxy) is 1. The molecule has 5 nitrogen and oxygen atoms in total. The molecule has 4 N–H and O–H groups in total. The molecule has 1 atom stereocenters. The number of nitrogen functional groups attached to an aromatic ring is 1. The molecular weight excluding hydrogens is 240 g/mol. The fourth-order valence-electron chi connectivity index (χ4n) is 1.27. The van der Waals surface area contributed by atoms with Crippen molar-refractivity contribution in [1.82, 2.24) is 5.32 Å². The molecule has 17 heavy (non-hydrogen) atoms. The third-order valence-electron chi connectivity index (χ3n) is 2.38. The molecule has 96 valence electrons. The van der Waals surface area contributed by atoms with Gasteiger partial charge in [-0.1, -0.05) is 0 Å². The molecule has 0 bridgehead atoms. The Balaban J connectivity index is 2.45. The lowest BCUT2D eigenvalue weighted by molar-refractivity contribution is 0.0244. The maximum Gasteiger partial charge on any atom is 0.263 e. The van der Waals surface area contributed by atoms with Crippen LogP contribution in [0.3, 0.4) is 0 Å². The predicted octanol–water partition coefficient (Wildman–Crippen LogP) is 0.848. The number of thiophene rings is 1. The zero-order valence-corrected chi connectivity index (χ0v) is 10.8. The fourth-order valence-corrected chi connectivity index (χ4v) is 2.00. The molecule has 0 saturated carbocycles. The van der Waals surface area contributed by atoms with E-state index in [1.807, 2.05) is 0 Å². The second-order valence-corrected chi connectivity index (χ2v) is 5.04. The molecule has 0 aromatic carbocycles. The second-order valence-electron chi connectivity index (χ2n) is 4.13. The predicted molar refractivity (Wildman–Crippen MR) is 68.2 cm³/mol. The molecule has 0 saturated heterocycles. The number of carbonyl (C=O) groups excluding carboxylic acids is 1. The summed E-state index contributed by atoms with van der Waals surface area (Å²) in [4.78, 5) is 12.2. The summed E-state index contributed by atoms with van der Waals surface area (Å²) in [5.74, 6) is -0.254. The summed E-state index contributed by atoms with van der Waals surface area (Å²) in [5.41, 5.74) is 5.12. The highest BCUT2D eigenvalue weighted by Gasteiger charge is 2.22. The van der Waals surface area contributed by atoms with Gasteiger partial charge in [-0.3, -0.25) is 4.79 Å². The first-order valence-electron chi connectivity index (χ1n) is 5.29. The Kier molecular flexibility index (Phi) is 4.92. The van der Waals surface area contributed by atoms with Crippen LogP contribution in [0.5, 0.6) is 0 Å². The van der Waals surface area contributed by atoms with Gasteiger partial charge >= 0.3 is 0 Å². The molecule has 1 aromatic heterocycles. The molecule has 0 aliphatic rings. The number of nitrogens with one attached hydrogen (secondary N) is 1. The van der Waals surface area contributed by atoms with Crippen molar-refractivity contribution in [2.24, 2.45) is 0 Å². The number of amides is 1. The Morgan fingerprint density at radius 2 is 2.41 bits per heavy atom. The Morgan fingerprint density at radius 1 is 1.71 bits per heavy atom. The normalized spacial score (nSPS) is 14.3. The van der Waals surface area contributed by atoms with Gasteiger partial charge in [0.05, 0.1) is 11.3 Å². The average molecular weight is 258 g/mol. The quantitative estimate of drug-likeness (QED) is 0.706. The molecule has 6 heteroatoms. The SMILES string of the molecule is COCCC(C)(O)CNC(=O)c1sccc1N. The highest BCUT2D eigenvalue weighted by molar-refractivity contribution is 7.12. The summed E-state index contributed by atoms with van der Waals surface area (Å²) in [5, 5.41) is 14.4. The molecule has 1 amide bonds. The van der Waals surface area contributed by atoms with Gasteiger partial charge in [0.15, 0.2) is 0 Å². The molecule has 0 aliphatic carbocycles. The van der Waals surface area contributed by atoms with Crippen molar-refractivity contribution >= 4 is 22.9 Å². The smallest absolute Gasteiger partial charge is 0.263 e. The van der Waals surface area contributed by atoms with Gasteiger partial charge in [0.2, 0.25) is 0 Å². The standard InChI is InChI=1S/C11H18N2O3S/c1-11(15,4-5-16-2)7-13-10(14)9-8(12)3-6-17-9/h3,6,15H,4-5,7,12H2,1-2H3,(H,13,14). The van der Waals surface area contributed by atoms with Crippen LogP contribution in [-0.4, -0.2) is 36.9 Å². The van der Waals surface area contributed by atoms with Crippen LogP contribution in [0, 0.1) is 0 Å². The number of nitrogens with two attached hydrogens (primary N) is 1. The van der Waals surface area contributed by atoms with Crippen LogP contribution in [-0.2, 0) is 4.74 Å². The van der Waals surface area contributed by atoms with Crippen molar-refractivity contribution in [3.8, 4) is 0 Å². The number of hydrogen-bond acceptors (Lipinski definition) is 5. The van der Waals surface area contributed by atoms with E-state index in [4.69, 9.17) is 10.5 Å². The zero-order chi connectivity index (χ0) is 12.9. The maximum atomic E-state index is 11.7. The van der Waals surface area contributed by atoms with Crippen LogP contribution in [0.4, 0.5) is 5.69 Å². The fraction of sp³-hybridized carbons (Fsp3) is 0.545. The number of hydrogen-bond donors (Lipinski definition) is 3. The Morgan fingerprint density at radius 3 is 2.94 bits per heavy atom. The van der Waals surface area contributed by atoms with Gasteiger partial charge in [0.1, 0.15) is 4.88 Å². The van der Waals surface area contributed by atoms with Crippen molar-refractivity contribution in [3.05, 3.63) is 16.3 Å². The highest BCUT2D eigenvalue weighted by Crippen LogP contribution is 2.18. The number of rotatable bonds is 6. The number of anilines is 1. The van der Waals surface area contributed by atoms with E-state index in [9.17, 15) is 9.90 Å². The van der Waals surface area contributed by atoms with E-state index in [0.29, 0.717) is 23.6 Å².